The van der Waals surface area contributed by atoms with Gasteiger partial charge in [0.25, 0.3) is 11.1 Å². The van der Waals surface area contributed by atoms with E-state index in [4.69, 9.17) is 9.47 Å². The summed E-state index contributed by atoms with van der Waals surface area (Å²) in [4.78, 5) is 31.1. The van der Waals surface area contributed by atoms with E-state index in [-0.39, 0.29) is 11.1 Å². The van der Waals surface area contributed by atoms with Gasteiger partial charge in [-0.1, -0.05) is 6.07 Å². The molecule has 9 heteroatoms. The predicted octanol–water partition coefficient (Wildman–Crippen LogP) is 2.94. The van der Waals surface area contributed by atoms with E-state index in [0.29, 0.717) is 58.9 Å². The zero-order valence-corrected chi connectivity index (χ0v) is 18.4. The Morgan fingerprint density at radius 3 is 2.47 bits per heavy atom. The summed E-state index contributed by atoms with van der Waals surface area (Å²) in [6.07, 6.45) is 4.20. The molecule has 34 heavy (non-hydrogen) atoms. The molecule has 0 bridgehead atoms. The molecule has 0 atom stereocenters. The van der Waals surface area contributed by atoms with Crippen LogP contribution in [0.3, 0.4) is 0 Å². The monoisotopic (exact) mass is 455 g/mol. The van der Waals surface area contributed by atoms with Gasteiger partial charge in [-0.2, -0.15) is 5.10 Å². The largest absolute Gasteiger partial charge is 0.490 e. The summed E-state index contributed by atoms with van der Waals surface area (Å²) in [6, 6.07) is 12.7. The summed E-state index contributed by atoms with van der Waals surface area (Å²) in [5.74, 6) is 1.89. The molecule has 0 spiro atoms. The summed E-state index contributed by atoms with van der Waals surface area (Å²) < 4.78 is 14.5. The fourth-order valence-corrected chi connectivity index (χ4v) is 4.20. The highest BCUT2D eigenvalue weighted by Gasteiger charge is 2.14. The van der Waals surface area contributed by atoms with E-state index in [2.05, 4.69) is 15.2 Å². The van der Waals surface area contributed by atoms with Gasteiger partial charge >= 0.3 is 0 Å². The highest BCUT2D eigenvalue weighted by molar-refractivity contribution is 5.91. The van der Waals surface area contributed by atoms with Crippen LogP contribution >= 0.6 is 0 Å². The molecule has 5 aromatic rings. The minimum atomic E-state index is -0.281. The molecule has 0 unspecified atom stereocenters. The number of nitrogens with one attached hydrogen (secondary N) is 1. The van der Waals surface area contributed by atoms with Crippen LogP contribution in [0.1, 0.15) is 17.7 Å². The Labute approximate surface area is 193 Å². The van der Waals surface area contributed by atoms with Gasteiger partial charge < -0.3 is 14.0 Å². The number of fused-ring (bicyclic) bond motifs is 3. The van der Waals surface area contributed by atoms with Gasteiger partial charge in [0.15, 0.2) is 17.3 Å². The van der Waals surface area contributed by atoms with Crippen LogP contribution in [0.4, 0.5) is 0 Å². The number of aromatic nitrogens is 5. The molecule has 1 aromatic carbocycles. The quantitative estimate of drug-likeness (QED) is 0.420. The molecule has 1 aliphatic heterocycles. The molecule has 1 N–H and O–H groups in total. The summed E-state index contributed by atoms with van der Waals surface area (Å²) >= 11 is 0. The van der Waals surface area contributed by atoms with Crippen molar-refractivity contribution < 1.29 is 9.47 Å². The van der Waals surface area contributed by atoms with E-state index in [0.717, 1.165) is 17.7 Å². The standard InChI is InChI=1S/C25H21N5O4/c1-15-11-23(28-27-15)30-8-6-20-18(25(30)32)13-17-19(26-20)5-7-29(24(17)31)14-16-3-4-21-22(12-16)34-10-2-9-33-21/h3-8,11-13H,2,9-10,14H2,1H3,(H,27,28). The van der Waals surface area contributed by atoms with Crippen LogP contribution in [0.15, 0.2) is 64.4 Å². The maximum absolute atomic E-state index is 13.3. The molecule has 9 nitrogen and oxygen atoms in total. The Morgan fingerprint density at radius 1 is 0.912 bits per heavy atom. The molecule has 0 saturated heterocycles. The normalized spacial score (nSPS) is 13.3. The highest BCUT2D eigenvalue weighted by atomic mass is 16.5. The average Bonchev–Trinajstić information content (AvgIpc) is 3.13. The minimum Gasteiger partial charge on any atom is -0.490 e. The Bertz CT molecular complexity index is 1680. The van der Waals surface area contributed by atoms with E-state index < -0.39 is 0 Å². The number of pyridine rings is 3. The second-order valence-electron chi connectivity index (χ2n) is 8.33. The van der Waals surface area contributed by atoms with Crippen LogP contribution in [0.25, 0.3) is 27.6 Å². The van der Waals surface area contributed by atoms with Crippen molar-refractivity contribution >= 4 is 21.8 Å². The molecule has 4 aromatic heterocycles. The van der Waals surface area contributed by atoms with Crippen LogP contribution < -0.4 is 20.6 Å². The third kappa shape index (κ3) is 3.42. The van der Waals surface area contributed by atoms with Crippen LogP contribution in [0, 0.1) is 6.92 Å². The Kier molecular flexibility index (Phi) is 4.68. The van der Waals surface area contributed by atoms with Gasteiger partial charge in [-0.15, -0.1) is 0 Å². The number of nitrogens with zero attached hydrogens (tertiary/aromatic N) is 4. The number of H-pyrrole nitrogens is 1. The predicted molar refractivity (Wildman–Crippen MR) is 127 cm³/mol. The van der Waals surface area contributed by atoms with Crippen LogP contribution in [0.5, 0.6) is 11.5 Å². The number of rotatable bonds is 3. The van der Waals surface area contributed by atoms with Crippen molar-refractivity contribution in [1.82, 2.24) is 24.3 Å². The third-order valence-electron chi connectivity index (χ3n) is 5.92. The first-order valence-corrected chi connectivity index (χ1v) is 11.0. The smallest absolute Gasteiger partial charge is 0.265 e. The van der Waals surface area contributed by atoms with Gasteiger partial charge in [-0.05, 0) is 42.8 Å². The minimum absolute atomic E-state index is 0.218. The fourth-order valence-electron chi connectivity index (χ4n) is 4.20. The van der Waals surface area contributed by atoms with E-state index in [1.54, 1.807) is 41.2 Å². The Hall–Kier alpha value is -4.40. The van der Waals surface area contributed by atoms with Gasteiger partial charge in [0, 0.05) is 30.6 Å². The van der Waals surface area contributed by atoms with Gasteiger partial charge in [0.05, 0.1) is 41.6 Å². The van der Waals surface area contributed by atoms with Gasteiger partial charge in [-0.3, -0.25) is 19.3 Å². The molecule has 0 radical (unpaired) electrons. The maximum atomic E-state index is 13.3. The number of benzene rings is 1. The molecule has 0 saturated carbocycles. The van der Waals surface area contributed by atoms with Crippen molar-refractivity contribution in [2.24, 2.45) is 0 Å². The number of hydrogen-bond donors (Lipinski definition) is 1. The molecular weight excluding hydrogens is 434 g/mol. The molecule has 0 aliphatic carbocycles. The lowest BCUT2D eigenvalue weighted by molar-refractivity contribution is 0.297. The molecule has 0 fully saturated rings. The van der Waals surface area contributed by atoms with E-state index in [1.807, 2.05) is 25.1 Å². The number of hydrogen-bond acceptors (Lipinski definition) is 6. The van der Waals surface area contributed by atoms with Crippen molar-refractivity contribution in [1.29, 1.82) is 0 Å². The zero-order chi connectivity index (χ0) is 23.2. The molecule has 6 rings (SSSR count). The van der Waals surface area contributed by atoms with Crippen LogP contribution in [-0.2, 0) is 6.54 Å². The van der Waals surface area contributed by atoms with Crippen molar-refractivity contribution in [2.45, 2.75) is 19.9 Å². The zero-order valence-electron chi connectivity index (χ0n) is 18.4. The van der Waals surface area contributed by atoms with Crippen molar-refractivity contribution in [3.63, 3.8) is 0 Å². The summed E-state index contributed by atoms with van der Waals surface area (Å²) in [7, 11) is 0. The Balaban J connectivity index is 1.43. The van der Waals surface area contributed by atoms with Crippen molar-refractivity contribution in [2.75, 3.05) is 13.2 Å². The van der Waals surface area contributed by atoms with Gasteiger partial charge in [0.2, 0.25) is 0 Å². The lowest BCUT2D eigenvalue weighted by Gasteiger charge is -2.11. The average molecular weight is 455 g/mol. The molecule has 170 valence electrons. The summed E-state index contributed by atoms with van der Waals surface area (Å²) in [5.41, 5.74) is 2.33. The highest BCUT2D eigenvalue weighted by Crippen LogP contribution is 2.30. The number of ether oxygens (including phenoxy) is 2. The lowest BCUT2D eigenvalue weighted by Crippen LogP contribution is -2.22. The number of aromatic amines is 1. The molecule has 5 heterocycles. The second kappa shape index (κ2) is 7.87. The first-order chi connectivity index (χ1) is 16.6. The topological polar surface area (TPSA) is 104 Å². The Morgan fingerprint density at radius 2 is 1.68 bits per heavy atom. The second-order valence-corrected chi connectivity index (χ2v) is 8.33. The van der Waals surface area contributed by atoms with E-state index >= 15 is 0 Å². The van der Waals surface area contributed by atoms with Gasteiger partial charge in [-0.25, -0.2) is 4.98 Å². The van der Waals surface area contributed by atoms with Crippen molar-refractivity contribution in [3.8, 4) is 17.3 Å². The SMILES string of the molecule is Cc1cc(-n2ccc3nc4ccn(Cc5ccc6c(c5)OCCCO6)c(=O)c4cc3c2=O)n[nH]1. The first kappa shape index (κ1) is 20.2. The fraction of sp³-hybridized carbons (Fsp3) is 0.200. The van der Waals surface area contributed by atoms with Crippen molar-refractivity contribution in [3.05, 3.63) is 86.8 Å². The maximum Gasteiger partial charge on any atom is 0.265 e. The first-order valence-electron chi connectivity index (χ1n) is 11.0. The van der Waals surface area contributed by atoms with Gasteiger partial charge in [0.1, 0.15) is 0 Å². The van der Waals surface area contributed by atoms with E-state index in [9.17, 15) is 9.59 Å². The molecular formula is C25H21N5O4. The van der Waals surface area contributed by atoms with E-state index in [1.165, 1.54) is 4.57 Å². The third-order valence-corrected chi connectivity index (χ3v) is 5.92. The lowest BCUT2D eigenvalue weighted by atomic mass is 10.1. The summed E-state index contributed by atoms with van der Waals surface area (Å²) in [5, 5.41) is 7.75. The number of aryl methyl sites for hydroxylation is 1. The summed E-state index contributed by atoms with van der Waals surface area (Å²) in [6.45, 7) is 3.44. The van der Waals surface area contributed by atoms with Crippen LogP contribution in [-0.4, -0.2) is 37.5 Å². The molecule has 0 amide bonds. The van der Waals surface area contributed by atoms with Crippen LogP contribution in [0.2, 0.25) is 0 Å². The molecule has 1 aliphatic rings.